The van der Waals surface area contributed by atoms with Gasteiger partial charge in [0.25, 0.3) is 0 Å². The molecule has 3 aromatic rings. The Morgan fingerprint density at radius 2 is 2.04 bits per heavy atom. The normalized spacial score (nSPS) is 12.2. The second-order valence-corrected chi connectivity index (χ2v) is 6.49. The first kappa shape index (κ1) is 19.1. The van der Waals surface area contributed by atoms with Crippen LogP contribution in [0.25, 0.3) is 16.5 Å². The van der Waals surface area contributed by atoms with Crippen molar-refractivity contribution in [2.24, 2.45) is 0 Å². The molecule has 0 amide bonds. The lowest BCUT2D eigenvalue weighted by Crippen LogP contribution is -2.04. The van der Waals surface area contributed by atoms with E-state index in [2.05, 4.69) is 22.8 Å². The number of nitrogens with zero attached hydrogens (tertiary/aromatic N) is 1. The van der Waals surface area contributed by atoms with Gasteiger partial charge in [-0.15, -0.1) is 0 Å². The first-order valence-corrected chi connectivity index (χ1v) is 9.29. The maximum Gasteiger partial charge on any atom is 0.374 e. The number of ether oxygens (including phenoxy) is 1. The molecule has 27 heavy (non-hydrogen) atoms. The molecule has 0 aliphatic rings. The second-order valence-electron chi connectivity index (χ2n) is 6.05. The Morgan fingerprint density at radius 1 is 1.22 bits per heavy atom. The molecule has 0 radical (unpaired) electrons. The number of rotatable bonds is 6. The van der Waals surface area contributed by atoms with Gasteiger partial charge in [0.15, 0.2) is 0 Å². The van der Waals surface area contributed by atoms with Crippen LogP contribution in [0.3, 0.4) is 0 Å². The molecular formula is C22H22ClNO3. The van der Waals surface area contributed by atoms with Crippen molar-refractivity contribution in [2.45, 2.75) is 27.3 Å². The van der Waals surface area contributed by atoms with Crippen molar-refractivity contribution in [2.75, 3.05) is 6.61 Å². The number of esters is 1. The summed E-state index contributed by atoms with van der Waals surface area (Å²) in [4.78, 5) is 11.9. The number of hydrogen-bond donors (Lipinski definition) is 0. The zero-order valence-electron chi connectivity index (χ0n) is 15.7. The Kier molecular flexibility index (Phi) is 5.87. The highest BCUT2D eigenvalue weighted by Gasteiger charge is 2.16. The van der Waals surface area contributed by atoms with Crippen LogP contribution in [0, 0.1) is 0 Å². The number of furan rings is 1. The van der Waals surface area contributed by atoms with Crippen LogP contribution in [-0.4, -0.2) is 17.1 Å². The Hall–Kier alpha value is -2.72. The van der Waals surface area contributed by atoms with Crippen LogP contribution in [0.2, 0.25) is 5.02 Å². The fraction of sp³-hybridized carbons (Fsp3) is 0.227. The molecule has 5 heteroatoms. The quantitative estimate of drug-likeness (QED) is 0.382. The highest BCUT2D eigenvalue weighted by atomic mass is 35.5. The van der Waals surface area contributed by atoms with Gasteiger partial charge in [-0.1, -0.05) is 29.8 Å². The molecular weight excluding hydrogens is 362 g/mol. The van der Waals surface area contributed by atoms with E-state index in [1.54, 1.807) is 13.0 Å². The summed E-state index contributed by atoms with van der Waals surface area (Å²) >= 11 is 6.18. The summed E-state index contributed by atoms with van der Waals surface area (Å²) in [6.45, 7) is 6.58. The van der Waals surface area contributed by atoms with Gasteiger partial charge in [-0.25, -0.2) is 4.79 Å². The average molecular weight is 384 g/mol. The first-order valence-electron chi connectivity index (χ1n) is 8.91. The van der Waals surface area contributed by atoms with Gasteiger partial charge in [0.1, 0.15) is 5.76 Å². The molecule has 0 fully saturated rings. The van der Waals surface area contributed by atoms with Crippen LogP contribution >= 0.6 is 11.6 Å². The van der Waals surface area contributed by atoms with E-state index in [4.69, 9.17) is 20.8 Å². The fourth-order valence-corrected chi connectivity index (χ4v) is 3.27. The van der Waals surface area contributed by atoms with Gasteiger partial charge in [-0.2, -0.15) is 0 Å². The van der Waals surface area contributed by atoms with Crippen LogP contribution in [0.4, 0.5) is 0 Å². The number of benzene rings is 1. The molecule has 0 spiro atoms. The van der Waals surface area contributed by atoms with Gasteiger partial charge in [0, 0.05) is 21.6 Å². The van der Waals surface area contributed by atoms with E-state index in [1.165, 1.54) is 0 Å². The van der Waals surface area contributed by atoms with Crippen molar-refractivity contribution < 1.29 is 13.9 Å². The van der Waals surface area contributed by atoms with Crippen molar-refractivity contribution in [1.82, 2.24) is 4.57 Å². The SMILES string of the molecule is C/C=C\C(=C/C)c1cc2cc(Cl)ccc2n1Cc1ccc(C(=O)OCC)o1. The highest BCUT2D eigenvalue weighted by Crippen LogP contribution is 2.29. The van der Waals surface area contributed by atoms with Crippen molar-refractivity contribution in [3.63, 3.8) is 0 Å². The van der Waals surface area contributed by atoms with Gasteiger partial charge in [0.05, 0.1) is 13.2 Å². The van der Waals surface area contributed by atoms with Gasteiger partial charge in [-0.05, 0) is 62.7 Å². The summed E-state index contributed by atoms with van der Waals surface area (Å²) in [5.41, 5.74) is 3.20. The number of carbonyl (C=O) groups excluding carboxylic acids is 1. The lowest BCUT2D eigenvalue weighted by Gasteiger charge is -2.10. The maximum absolute atomic E-state index is 11.9. The number of aromatic nitrogens is 1. The number of halogens is 1. The Labute approximate surface area is 163 Å². The van der Waals surface area contributed by atoms with Crippen molar-refractivity contribution in [3.8, 4) is 0 Å². The van der Waals surface area contributed by atoms with E-state index in [-0.39, 0.29) is 5.76 Å². The molecule has 0 saturated carbocycles. The minimum absolute atomic E-state index is 0.215. The Balaban J connectivity index is 2.05. The number of allylic oxidation sites excluding steroid dienone is 4. The topological polar surface area (TPSA) is 44.4 Å². The van der Waals surface area contributed by atoms with E-state index >= 15 is 0 Å². The fourth-order valence-electron chi connectivity index (χ4n) is 3.09. The van der Waals surface area contributed by atoms with Crippen LogP contribution in [-0.2, 0) is 11.3 Å². The minimum Gasteiger partial charge on any atom is -0.460 e. The first-order chi connectivity index (χ1) is 13.1. The molecule has 0 bridgehead atoms. The summed E-state index contributed by atoms with van der Waals surface area (Å²) in [6.07, 6.45) is 6.15. The monoisotopic (exact) mass is 383 g/mol. The predicted molar refractivity (Wildman–Crippen MR) is 109 cm³/mol. The predicted octanol–water partition coefficient (Wildman–Crippen LogP) is 6.09. The molecule has 4 nitrogen and oxygen atoms in total. The third kappa shape index (κ3) is 4.01. The van der Waals surface area contributed by atoms with E-state index in [0.717, 1.165) is 22.2 Å². The number of carbonyl (C=O) groups is 1. The van der Waals surface area contributed by atoms with Crippen molar-refractivity contribution >= 4 is 34.0 Å². The molecule has 0 N–H and O–H groups in total. The molecule has 0 aliphatic heterocycles. The standard InChI is InChI=1S/C22H22ClNO3/c1-4-7-15(5-2)20-13-16-12-17(23)8-10-19(16)24(20)14-18-9-11-21(27-18)22(25)26-6-3/h4-5,7-13H,6,14H2,1-3H3/b7-4-,15-5+. The van der Waals surface area contributed by atoms with Gasteiger partial charge >= 0.3 is 5.97 Å². The third-order valence-electron chi connectivity index (χ3n) is 4.27. The third-order valence-corrected chi connectivity index (χ3v) is 4.50. The highest BCUT2D eigenvalue weighted by molar-refractivity contribution is 6.31. The molecule has 0 saturated heterocycles. The van der Waals surface area contributed by atoms with Crippen LogP contribution in [0.5, 0.6) is 0 Å². The Bertz CT molecular complexity index is 1020. The van der Waals surface area contributed by atoms with Gasteiger partial charge in [0.2, 0.25) is 5.76 Å². The van der Waals surface area contributed by atoms with E-state index in [1.807, 2.05) is 44.2 Å². The van der Waals surface area contributed by atoms with E-state index < -0.39 is 5.97 Å². The molecule has 0 atom stereocenters. The smallest absolute Gasteiger partial charge is 0.374 e. The lowest BCUT2D eigenvalue weighted by atomic mass is 10.1. The number of fused-ring (bicyclic) bond motifs is 1. The van der Waals surface area contributed by atoms with Crippen molar-refractivity contribution in [3.05, 3.63) is 76.9 Å². The summed E-state index contributed by atoms with van der Waals surface area (Å²) < 4.78 is 12.9. The number of hydrogen-bond acceptors (Lipinski definition) is 3. The van der Waals surface area contributed by atoms with Gasteiger partial charge in [-0.3, -0.25) is 0 Å². The van der Waals surface area contributed by atoms with Crippen molar-refractivity contribution in [1.29, 1.82) is 0 Å². The second kappa shape index (κ2) is 8.31. The molecule has 140 valence electrons. The minimum atomic E-state index is -0.448. The van der Waals surface area contributed by atoms with Crippen LogP contribution in [0.15, 0.2) is 59.0 Å². The zero-order valence-corrected chi connectivity index (χ0v) is 16.4. The molecule has 2 aromatic heterocycles. The Morgan fingerprint density at radius 3 is 2.74 bits per heavy atom. The average Bonchev–Trinajstić information content (AvgIpc) is 3.25. The molecule has 0 aliphatic carbocycles. The summed E-state index contributed by atoms with van der Waals surface area (Å²) in [5.74, 6) is 0.450. The van der Waals surface area contributed by atoms with E-state index in [0.29, 0.717) is 23.9 Å². The summed E-state index contributed by atoms with van der Waals surface area (Å²) in [5, 5.41) is 1.75. The maximum atomic E-state index is 11.9. The molecule has 3 rings (SSSR count). The van der Waals surface area contributed by atoms with Crippen LogP contribution in [0.1, 0.15) is 42.8 Å². The van der Waals surface area contributed by atoms with E-state index in [9.17, 15) is 4.79 Å². The van der Waals surface area contributed by atoms with Gasteiger partial charge < -0.3 is 13.7 Å². The zero-order chi connectivity index (χ0) is 19.4. The molecule has 0 unspecified atom stereocenters. The summed E-state index contributed by atoms with van der Waals surface area (Å²) in [6, 6.07) is 11.4. The lowest BCUT2D eigenvalue weighted by molar-refractivity contribution is 0.0488. The molecule has 2 heterocycles. The molecule has 1 aromatic carbocycles. The van der Waals surface area contributed by atoms with Crippen LogP contribution < -0.4 is 0 Å². The largest absolute Gasteiger partial charge is 0.460 e. The summed E-state index contributed by atoms with van der Waals surface area (Å²) in [7, 11) is 0.